The molecule has 1 unspecified atom stereocenters. The summed E-state index contributed by atoms with van der Waals surface area (Å²) < 4.78 is 11.1. The van der Waals surface area contributed by atoms with Crippen LogP contribution in [0.3, 0.4) is 0 Å². The Morgan fingerprint density at radius 3 is 2.00 bits per heavy atom. The maximum atomic E-state index is 11.9. The van der Waals surface area contributed by atoms with E-state index >= 15 is 0 Å². The summed E-state index contributed by atoms with van der Waals surface area (Å²) in [5.74, 6) is 0.791. The van der Waals surface area contributed by atoms with E-state index in [9.17, 15) is 5.11 Å². The van der Waals surface area contributed by atoms with Crippen molar-refractivity contribution < 1.29 is 14.6 Å². The molecule has 3 rings (SSSR count). The fourth-order valence-corrected chi connectivity index (χ4v) is 3.99. The second-order valence-electron chi connectivity index (χ2n) is 8.33. The van der Waals surface area contributed by atoms with E-state index < -0.39 is 5.60 Å². The molecule has 0 aliphatic carbocycles. The number of hydrogen-bond donors (Lipinski definition) is 1. The van der Waals surface area contributed by atoms with Crippen LogP contribution in [0.15, 0.2) is 72.8 Å². The number of aliphatic hydroxyl groups is 1. The lowest BCUT2D eigenvalue weighted by Crippen LogP contribution is -2.31. The average Bonchev–Trinajstić information content (AvgIpc) is 2.83. The summed E-state index contributed by atoms with van der Waals surface area (Å²) in [5, 5.41) is 12.6. The van der Waals surface area contributed by atoms with Crippen molar-refractivity contribution in [2.24, 2.45) is 0 Å². The van der Waals surface area contributed by atoms with Gasteiger partial charge < -0.3 is 14.6 Å². The molecule has 0 aliphatic heterocycles. The van der Waals surface area contributed by atoms with Gasteiger partial charge in [-0.25, -0.2) is 0 Å². The summed E-state index contributed by atoms with van der Waals surface area (Å²) >= 11 is 6.06. The molecule has 3 aromatic rings. The van der Waals surface area contributed by atoms with Crippen LogP contribution in [0.5, 0.6) is 5.75 Å². The van der Waals surface area contributed by atoms with Gasteiger partial charge in [0, 0.05) is 31.6 Å². The first-order chi connectivity index (χ1) is 15.9. The van der Waals surface area contributed by atoms with E-state index in [1.54, 1.807) is 7.11 Å². The number of aryl methyl sites for hydroxylation is 1. The third-order valence-corrected chi connectivity index (χ3v) is 6.22. The highest BCUT2D eigenvalue weighted by Crippen LogP contribution is 2.34. The number of benzene rings is 3. The van der Waals surface area contributed by atoms with E-state index in [2.05, 4.69) is 11.8 Å². The summed E-state index contributed by atoms with van der Waals surface area (Å²) in [6.07, 6.45) is 0.443. The molecule has 0 bridgehead atoms. The van der Waals surface area contributed by atoms with Crippen LogP contribution in [0.4, 0.5) is 0 Å². The zero-order valence-electron chi connectivity index (χ0n) is 19.8. The quantitative estimate of drug-likeness (QED) is 0.383. The van der Waals surface area contributed by atoms with Crippen LogP contribution < -0.4 is 4.74 Å². The Balaban J connectivity index is 1.76. The Morgan fingerprint density at radius 2 is 1.42 bits per heavy atom. The minimum atomic E-state index is -1.17. The predicted molar refractivity (Wildman–Crippen MR) is 135 cm³/mol. The van der Waals surface area contributed by atoms with E-state index in [-0.39, 0.29) is 0 Å². The van der Waals surface area contributed by atoms with Gasteiger partial charge >= 0.3 is 0 Å². The van der Waals surface area contributed by atoms with Gasteiger partial charge in [-0.05, 0) is 54.4 Å². The molecule has 4 nitrogen and oxygen atoms in total. The zero-order chi connectivity index (χ0) is 23.7. The molecule has 5 heteroatoms. The van der Waals surface area contributed by atoms with Gasteiger partial charge in [0.2, 0.25) is 0 Å². The third-order valence-electron chi connectivity index (χ3n) is 5.97. The van der Waals surface area contributed by atoms with Crippen molar-refractivity contribution in [1.29, 1.82) is 0 Å². The van der Waals surface area contributed by atoms with Gasteiger partial charge in [0.25, 0.3) is 0 Å². The van der Waals surface area contributed by atoms with Gasteiger partial charge in [0.05, 0.1) is 6.61 Å². The van der Waals surface area contributed by atoms with E-state index in [4.69, 9.17) is 21.1 Å². The smallest absolute Gasteiger partial charge is 0.119 e. The van der Waals surface area contributed by atoms with Crippen molar-refractivity contribution in [3.8, 4) is 5.75 Å². The first-order valence-electron chi connectivity index (χ1n) is 11.4. The lowest BCUT2D eigenvalue weighted by Gasteiger charge is -2.30. The summed E-state index contributed by atoms with van der Waals surface area (Å²) in [7, 11) is 1.72. The van der Waals surface area contributed by atoms with E-state index in [1.807, 2.05) is 79.7 Å². The van der Waals surface area contributed by atoms with E-state index in [0.29, 0.717) is 24.7 Å². The Bertz CT molecular complexity index is 974. The topological polar surface area (TPSA) is 41.9 Å². The van der Waals surface area contributed by atoms with Gasteiger partial charge in [-0.1, -0.05) is 72.6 Å². The van der Waals surface area contributed by atoms with Gasteiger partial charge in [0.1, 0.15) is 18.0 Å². The molecule has 0 spiro atoms. The molecule has 0 aromatic heterocycles. The normalized spacial score (nSPS) is 13.2. The Kier molecular flexibility index (Phi) is 9.33. The monoisotopic (exact) mass is 467 g/mol. The maximum Gasteiger partial charge on any atom is 0.119 e. The third kappa shape index (κ3) is 7.05. The van der Waals surface area contributed by atoms with Crippen LogP contribution in [0.2, 0.25) is 5.02 Å². The summed E-state index contributed by atoms with van der Waals surface area (Å²) in [6, 6.07) is 23.5. The van der Waals surface area contributed by atoms with Crippen LogP contribution in [0.25, 0.3) is 0 Å². The second kappa shape index (κ2) is 12.2. The van der Waals surface area contributed by atoms with E-state index in [1.165, 1.54) is 0 Å². The summed E-state index contributed by atoms with van der Waals surface area (Å²) in [5.41, 5.74) is 2.68. The summed E-state index contributed by atoms with van der Waals surface area (Å²) in [6.45, 7) is 8.19. The molecule has 176 valence electrons. The first-order valence-corrected chi connectivity index (χ1v) is 11.8. The van der Waals surface area contributed by atoms with Gasteiger partial charge in [0.15, 0.2) is 0 Å². The Morgan fingerprint density at radius 1 is 0.848 bits per heavy atom. The highest BCUT2D eigenvalue weighted by molar-refractivity contribution is 6.30. The molecule has 0 fully saturated rings. The van der Waals surface area contributed by atoms with Crippen LogP contribution in [-0.4, -0.2) is 50.0 Å². The molecule has 1 atom stereocenters. The lowest BCUT2D eigenvalue weighted by molar-refractivity contribution is 0.0810. The van der Waals surface area contributed by atoms with Crippen LogP contribution in [0, 0.1) is 6.92 Å². The Labute approximate surface area is 202 Å². The van der Waals surface area contributed by atoms with Crippen LogP contribution >= 0.6 is 11.6 Å². The molecule has 0 heterocycles. The van der Waals surface area contributed by atoms with E-state index in [0.717, 1.165) is 47.6 Å². The summed E-state index contributed by atoms with van der Waals surface area (Å²) in [4.78, 5) is 2.29. The van der Waals surface area contributed by atoms with Crippen molar-refractivity contribution in [3.63, 3.8) is 0 Å². The molecular weight excluding hydrogens is 434 g/mol. The lowest BCUT2D eigenvalue weighted by atomic mass is 9.81. The van der Waals surface area contributed by atoms with Crippen molar-refractivity contribution >= 4 is 11.6 Å². The molecule has 3 aromatic carbocycles. The number of methoxy groups -OCH3 is 1. The molecule has 33 heavy (non-hydrogen) atoms. The molecular formula is C28H34ClNO3. The van der Waals surface area contributed by atoms with Crippen molar-refractivity contribution in [1.82, 2.24) is 4.90 Å². The molecule has 0 saturated heterocycles. The standard InChI is InChI=1S/C28H34ClNO3/c1-4-30(17-19-32-3)18-20-33-27-15-11-25(12-16-27)28(31,24-9-5-22(2)6-10-24)21-23-7-13-26(29)14-8-23/h5-16,31H,4,17-21H2,1-3H3. The fraction of sp³-hybridized carbons (Fsp3) is 0.357. The minimum Gasteiger partial charge on any atom is -0.492 e. The zero-order valence-corrected chi connectivity index (χ0v) is 20.5. The first kappa shape index (κ1) is 25.3. The number of hydrogen-bond acceptors (Lipinski definition) is 4. The van der Waals surface area contributed by atoms with Gasteiger partial charge in [-0.3, -0.25) is 4.90 Å². The van der Waals surface area contributed by atoms with Gasteiger partial charge in [-0.15, -0.1) is 0 Å². The molecule has 0 amide bonds. The number of nitrogens with zero attached hydrogens (tertiary/aromatic N) is 1. The minimum absolute atomic E-state index is 0.443. The molecule has 0 saturated carbocycles. The molecule has 1 N–H and O–H groups in total. The van der Waals surface area contributed by atoms with Crippen LogP contribution in [-0.2, 0) is 16.8 Å². The largest absolute Gasteiger partial charge is 0.492 e. The van der Waals surface area contributed by atoms with Crippen molar-refractivity contribution in [2.45, 2.75) is 25.9 Å². The number of rotatable bonds is 12. The highest BCUT2D eigenvalue weighted by Gasteiger charge is 2.32. The Hall–Kier alpha value is -2.37. The number of halogens is 1. The molecule has 0 aliphatic rings. The van der Waals surface area contributed by atoms with Crippen LogP contribution in [0.1, 0.15) is 29.2 Å². The number of ether oxygens (including phenoxy) is 2. The van der Waals surface area contributed by atoms with Crippen molar-refractivity contribution in [3.05, 3.63) is 100 Å². The van der Waals surface area contributed by atoms with Crippen molar-refractivity contribution in [2.75, 3.05) is 40.0 Å². The second-order valence-corrected chi connectivity index (χ2v) is 8.77. The van der Waals surface area contributed by atoms with Gasteiger partial charge in [-0.2, -0.15) is 0 Å². The predicted octanol–water partition coefficient (Wildman–Crippen LogP) is 5.47. The highest BCUT2D eigenvalue weighted by atomic mass is 35.5. The fourth-order valence-electron chi connectivity index (χ4n) is 3.87. The molecule has 0 radical (unpaired) electrons. The maximum absolute atomic E-state index is 11.9. The SMILES string of the molecule is CCN(CCOC)CCOc1ccc(C(O)(Cc2ccc(Cl)cc2)c2ccc(C)cc2)cc1. The number of likely N-dealkylation sites (N-methyl/N-ethyl adjacent to an activating group) is 1. The average molecular weight is 468 g/mol.